The van der Waals surface area contributed by atoms with Gasteiger partial charge in [0.15, 0.2) is 6.10 Å². The lowest BCUT2D eigenvalue weighted by molar-refractivity contribution is -0.136. The molecule has 99 heavy (non-hydrogen) atoms. The summed E-state index contributed by atoms with van der Waals surface area (Å²) in [6, 6.07) is 91.7. The maximum Gasteiger partial charge on any atom is 0.414 e. The Morgan fingerprint density at radius 2 is 0.788 bits per heavy atom. The number of aliphatic carboxylic acids is 1. The minimum Gasteiger partial charge on any atom is -0.508 e. The average Bonchev–Trinajstić information content (AvgIpc) is 1.56. The van der Waals surface area contributed by atoms with Gasteiger partial charge in [-0.3, -0.25) is 24.4 Å². The Kier molecular flexibility index (Phi) is 23.1. The summed E-state index contributed by atoms with van der Waals surface area (Å²) in [4.78, 5) is 45.9. The number of benzene rings is 12. The third kappa shape index (κ3) is 19.4. The Labute approximate surface area is 574 Å². The fourth-order valence-electron chi connectivity index (χ4n) is 11.5. The summed E-state index contributed by atoms with van der Waals surface area (Å²) >= 11 is 0. The molecule has 9 N–H and O–H groups in total. The third-order valence-corrected chi connectivity index (χ3v) is 16.7. The van der Waals surface area contributed by atoms with Crippen LogP contribution in [0.15, 0.2) is 291 Å². The van der Waals surface area contributed by atoms with Crippen molar-refractivity contribution in [2.24, 2.45) is 5.73 Å². The SMILES string of the molecule is CS(=O)(=O)Nc1cccc(-c2ccc(-c3ccccc3)cc2CCC(N)=O)c1.O=C(O)Cc1cc(-c2ccccc2)ccc1-c1cccc(O)c1.O=C1NC(=O)C(Cc2cc(-c3ccccc3)ccc2-c2cccc(O)c2)O1.OCc1cc(-c2ccccc2)ccc1-c1cccc(O)c1. The van der Waals surface area contributed by atoms with E-state index < -0.39 is 34.1 Å². The number of aryl methyl sites for hydroxylation is 1. The molecule has 1 aliphatic heterocycles. The molecule has 1 aliphatic rings. The van der Waals surface area contributed by atoms with Crippen molar-refractivity contribution in [3.8, 4) is 106 Å². The van der Waals surface area contributed by atoms with E-state index in [9.17, 15) is 53.1 Å². The molecule has 0 spiro atoms. The van der Waals surface area contributed by atoms with E-state index in [0.717, 1.165) is 118 Å². The summed E-state index contributed by atoms with van der Waals surface area (Å²) in [5.74, 6) is -1.12. The molecule has 12 aromatic carbocycles. The largest absolute Gasteiger partial charge is 0.508 e. The minimum absolute atomic E-state index is 0.0360. The first-order chi connectivity index (χ1) is 47.8. The zero-order valence-corrected chi connectivity index (χ0v) is 54.7. The fourth-order valence-corrected chi connectivity index (χ4v) is 12.1. The highest BCUT2D eigenvalue weighted by molar-refractivity contribution is 7.92. The van der Waals surface area contributed by atoms with Crippen molar-refractivity contribution in [3.63, 3.8) is 0 Å². The minimum atomic E-state index is -3.36. The molecule has 1 fully saturated rings. The van der Waals surface area contributed by atoms with E-state index in [1.807, 2.05) is 212 Å². The quantitative estimate of drug-likeness (QED) is 0.0399. The summed E-state index contributed by atoms with van der Waals surface area (Å²) in [5.41, 5.74) is 24.6. The van der Waals surface area contributed by atoms with Crippen LogP contribution in [0.4, 0.5) is 10.5 Å². The number of nitrogens with one attached hydrogen (secondary N) is 2. The van der Waals surface area contributed by atoms with Gasteiger partial charge in [0.05, 0.1) is 19.3 Å². The van der Waals surface area contributed by atoms with E-state index >= 15 is 0 Å². The molecule has 0 bridgehead atoms. The summed E-state index contributed by atoms with van der Waals surface area (Å²) in [6.45, 7) is -0.0360. The number of phenols is 3. The number of cyclic esters (lactones) is 1. The van der Waals surface area contributed by atoms with E-state index in [4.69, 9.17) is 10.5 Å². The van der Waals surface area contributed by atoms with Crippen LogP contribution in [0.3, 0.4) is 0 Å². The highest BCUT2D eigenvalue weighted by Crippen LogP contribution is 2.36. The number of carbonyl (C=O) groups excluding carboxylic acids is 3. The van der Waals surface area contributed by atoms with Gasteiger partial charge in [0.2, 0.25) is 15.9 Å². The molecule has 1 unspecified atom stereocenters. The van der Waals surface area contributed by atoms with E-state index in [2.05, 4.69) is 16.1 Å². The van der Waals surface area contributed by atoms with Gasteiger partial charge in [-0.25, -0.2) is 13.2 Å². The number of amides is 3. The number of aliphatic hydroxyl groups excluding tert-OH is 1. The number of rotatable bonds is 18. The molecule has 15 nitrogen and oxygen atoms in total. The number of carboxylic acids is 1. The van der Waals surface area contributed by atoms with E-state index in [1.165, 1.54) is 0 Å². The number of primary amides is 1. The monoisotopic (exact) mass is 1330 g/mol. The Morgan fingerprint density at radius 1 is 0.434 bits per heavy atom. The lowest BCUT2D eigenvalue weighted by atomic mass is 9.92. The predicted molar refractivity (Wildman–Crippen MR) is 390 cm³/mol. The second-order valence-corrected chi connectivity index (χ2v) is 25.1. The lowest BCUT2D eigenvalue weighted by Gasteiger charge is -2.15. The molecule has 496 valence electrons. The molecular formula is C83H71N3O12S. The standard InChI is InChI=1S/C22H22N2O3S.C22H17NO4.C20H16O3.C19H16O2/c1-28(26,27)24-20-9-5-8-18(15-20)21-12-10-17(16-6-3-2-4-7-16)14-19(21)11-13-22(23)25;24-18-8-4-7-16(12-18)19-10-9-15(14-5-2-1-3-6-14)11-17(19)13-20-21(25)23-22(26)27-20;21-18-8-4-7-16(12-18)19-10-9-15(11-17(19)13-20(22)23)14-5-2-1-3-6-14;20-13-17-11-15(14-5-2-1-3-6-14)9-10-19(17)16-7-4-8-18(21)12-16/h2-10,12,14-15,24H,11,13H2,1H3,(H2,23,25);1-12,20,24H,13H2,(H,23,25,26);1-12,21H,13H2,(H,22,23);1-12,20-21H,13H2. The summed E-state index contributed by atoms with van der Waals surface area (Å²) in [5, 5.41) is 50.1. The molecule has 0 radical (unpaired) electrons. The Hall–Kier alpha value is -12.4. The number of nitrogens with two attached hydrogens (primary N) is 1. The molecule has 1 heterocycles. The number of imide groups is 1. The van der Waals surface area contributed by atoms with Crippen LogP contribution in [0.5, 0.6) is 17.2 Å². The van der Waals surface area contributed by atoms with Crippen molar-refractivity contribution >= 4 is 39.6 Å². The number of sulfonamides is 1. The van der Waals surface area contributed by atoms with Crippen LogP contribution in [0.2, 0.25) is 0 Å². The van der Waals surface area contributed by atoms with Crippen LogP contribution in [0.25, 0.3) is 89.0 Å². The van der Waals surface area contributed by atoms with Crippen molar-refractivity contribution in [3.05, 3.63) is 313 Å². The number of anilines is 1. The van der Waals surface area contributed by atoms with Crippen molar-refractivity contribution in [1.29, 1.82) is 0 Å². The molecule has 13 rings (SSSR count). The van der Waals surface area contributed by atoms with Gasteiger partial charge in [-0.05, 0) is 178 Å². The second-order valence-electron chi connectivity index (χ2n) is 23.3. The first kappa shape index (κ1) is 69.5. The molecule has 16 heteroatoms. The number of hydrogen-bond acceptors (Lipinski definition) is 11. The number of ether oxygens (including phenoxy) is 1. The zero-order valence-electron chi connectivity index (χ0n) is 53.9. The summed E-state index contributed by atoms with van der Waals surface area (Å²) in [6.07, 6.45) is 0.478. The van der Waals surface area contributed by atoms with E-state index in [0.29, 0.717) is 12.1 Å². The first-order valence-corrected chi connectivity index (χ1v) is 33.5. The maximum atomic E-state index is 11.9. The van der Waals surface area contributed by atoms with Gasteiger partial charge in [-0.2, -0.15) is 0 Å². The van der Waals surface area contributed by atoms with Gasteiger partial charge in [-0.15, -0.1) is 0 Å². The number of aromatic hydroxyl groups is 3. The molecular weight excluding hydrogens is 1260 g/mol. The highest BCUT2D eigenvalue weighted by Gasteiger charge is 2.33. The van der Waals surface area contributed by atoms with Crippen LogP contribution in [0.1, 0.15) is 28.7 Å². The second kappa shape index (κ2) is 32.9. The van der Waals surface area contributed by atoms with Gasteiger partial charge < -0.3 is 36.0 Å². The van der Waals surface area contributed by atoms with Gasteiger partial charge in [0.1, 0.15) is 17.2 Å². The van der Waals surface area contributed by atoms with Crippen LogP contribution in [0, 0.1) is 0 Å². The Bertz CT molecular complexity index is 4940. The van der Waals surface area contributed by atoms with E-state index in [1.54, 1.807) is 72.8 Å². The number of alkyl carbamates (subject to hydrolysis) is 1. The van der Waals surface area contributed by atoms with Crippen molar-refractivity contribution in [2.45, 2.75) is 38.4 Å². The normalized spacial score (nSPS) is 12.2. The molecule has 0 saturated carbocycles. The predicted octanol–water partition coefficient (Wildman–Crippen LogP) is 16.3. The highest BCUT2D eigenvalue weighted by atomic mass is 32.2. The third-order valence-electron chi connectivity index (χ3n) is 16.1. The number of phenolic OH excluding ortho intramolecular Hbond substituents is 3. The number of hydrogen-bond donors (Lipinski definition) is 8. The molecule has 1 atom stereocenters. The summed E-state index contributed by atoms with van der Waals surface area (Å²) < 4.78 is 30.6. The molecule has 0 aromatic heterocycles. The fraction of sp³-hybridized carbons (Fsp3) is 0.0843. The van der Waals surface area contributed by atoms with E-state index in [-0.39, 0.29) is 49.0 Å². The first-order valence-electron chi connectivity index (χ1n) is 31.6. The average molecular weight is 1330 g/mol. The van der Waals surface area contributed by atoms with Gasteiger partial charge in [-0.1, -0.05) is 231 Å². The van der Waals surface area contributed by atoms with Crippen LogP contribution in [-0.2, 0) is 55.0 Å². The molecule has 12 aromatic rings. The van der Waals surface area contributed by atoms with Crippen LogP contribution >= 0.6 is 0 Å². The molecule has 1 saturated heterocycles. The zero-order chi connectivity index (χ0) is 69.8. The molecule has 3 amide bonds. The number of aliphatic hydroxyl groups is 1. The molecule has 0 aliphatic carbocycles. The lowest BCUT2D eigenvalue weighted by Crippen LogP contribution is -2.26. The van der Waals surface area contributed by atoms with Gasteiger partial charge in [0.25, 0.3) is 5.91 Å². The Balaban J connectivity index is 0.000000144. The van der Waals surface area contributed by atoms with Crippen LogP contribution < -0.4 is 15.8 Å². The number of carbonyl (C=O) groups is 4. The van der Waals surface area contributed by atoms with Gasteiger partial charge in [0, 0.05) is 18.5 Å². The smallest absolute Gasteiger partial charge is 0.414 e. The summed E-state index contributed by atoms with van der Waals surface area (Å²) in [7, 11) is -3.36. The maximum absolute atomic E-state index is 11.9. The van der Waals surface area contributed by atoms with Crippen molar-refractivity contribution in [1.82, 2.24) is 5.32 Å². The van der Waals surface area contributed by atoms with Crippen molar-refractivity contribution in [2.75, 3.05) is 11.0 Å². The number of carboxylic acid groups (broad SMARTS) is 1. The van der Waals surface area contributed by atoms with Gasteiger partial charge >= 0.3 is 12.1 Å². The topological polar surface area (TPSA) is 263 Å². The Morgan fingerprint density at radius 3 is 1.16 bits per heavy atom. The van der Waals surface area contributed by atoms with Crippen molar-refractivity contribution < 1.29 is 57.9 Å². The van der Waals surface area contributed by atoms with Crippen LogP contribution in [-0.4, -0.2) is 70.2 Å².